The van der Waals surface area contributed by atoms with E-state index < -0.39 is 12.1 Å². The molecule has 0 spiro atoms. The monoisotopic (exact) mass is 523 g/mol. The van der Waals surface area contributed by atoms with Crippen molar-refractivity contribution in [2.24, 2.45) is 0 Å². The summed E-state index contributed by atoms with van der Waals surface area (Å²) in [7, 11) is 0. The third kappa shape index (κ3) is 8.67. The summed E-state index contributed by atoms with van der Waals surface area (Å²) in [6.07, 6.45) is 3.28. The Morgan fingerprint density at radius 1 is 0.919 bits per heavy atom. The second-order valence-electron chi connectivity index (χ2n) is 8.98. The number of unbranched alkanes of at least 4 members (excludes halogenated alkanes) is 1. The van der Waals surface area contributed by atoms with Gasteiger partial charge in [-0.2, -0.15) is 13.2 Å². The number of piperazine rings is 1. The van der Waals surface area contributed by atoms with Crippen LogP contribution in [0.5, 0.6) is 0 Å². The first-order chi connectivity index (χ1) is 17.6. The molecule has 4 rings (SSSR count). The fraction of sp³-hybridized carbons (Fsp3) is 0.520. The maximum absolute atomic E-state index is 12.6. The van der Waals surface area contributed by atoms with Crippen LogP contribution in [0.2, 0.25) is 0 Å². The fourth-order valence-corrected chi connectivity index (χ4v) is 4.33. The number of carbonyl (C=O) groups is 3. The molecule has 1 saturated heterocycles. The molecule has 12 heteroatoms. The summed E-state index contributed by atoms with van der Waals surface area (Å²) < 4.78 is 33.9. The highest BCUT2D eigenvalue weighted by Crippen LogP contribution is 2.27. The number of alkyl halides is 3. The zero-order valence-corrected chi connectivity index (χ0v) is 20.6. The number of amides is 1. The molecule has 1 fully saturated rings. The van der Waals surface area contributed by atoms with E-state index in [0.717, 1.165) is 64.3 Å². The largest absolute Gasteiger partial charge is 0.490 e. The van der Waals surface area contributed by atoms with Gasteiger partial charge in [0.2, 0.25) is 5.91 Å². The second-order valence-corrected chi connectivity index (χ2v) is 8.98. The van der Waals surface area contributed by atoms with Crippen molar-refractivity contribution in [3.63, 3.8) is 0 Å². The maximum Gasteiger partial charge on any atom is 0.490 e. The van der Waals surface area contributed by atoms with E-state index in [-0.39, 0.29) is 11.7 Å². The molecule has 9 nitrogen and oxygen atoms in total. The Labute approximate surface area is 213 Å². The average molecular weight is 524 g/mol. The molecule has 202 valence electrons. The fourth-order valence-electron chi connectivity index (χ4n) is 4.33. The number of carbonyl (C=O) groups excluding carboxylic acids is 2. The molecule has 2 aromatic rings. The summed E-state index contributed by atoms with van der Waals surface area (Å²) >= 11 is 0. The van der Waals surface area contributed by atoms with Crippen LogP contribution in [0.1, 0.15) is 36.0 Å². The number of imidazole rings is 1. The Morgan fingerprint density at radius 2 is 1.54 bits per heavy atom. The van der Waals surface area contributed by atoms with Gasteiger partial charge < -0.3 is 19.5 Å². The number of ketones is 1. The van der Waals surface area contributed by atoms with Gasteiger partial charge in [0.15, 0.2) is 5.78 Å². The van der Waals surface area contributed by atoms with Crippen LogP contribution in [0.15, 0.2) is 43.0 Å². The highest BCUT2D eigenvalue weighted by molar-refractivity contribution is 6.10. The molecule has 3 heterocycles. The van der Waals surface area contributed by atoms with E-state index in [2.05, 4.69) is 19.4 Å². The predicted molar refractivity (Wildman–Crippen MR) is 130 cm³/mol. The first-order valence-corrected chi connectivity index (χ1v) is 12.3. The van der Waals surface area contributed by atoms with E-state index in [4.69, 9.17) is 9.90 Å². The van der Waals surface area contributed by atoms with Gasteiger partial charge >= 0.3 is 12.1 Å². The molecular formula is C25H32F3N5O4. The number of halogens is 3. The Bertz CT molecular complexity index is 1040. The second kappa shape index (κ2) is 13.3. The lowest BCUT2D eigenvalue weighted by Crippen LogP contribution is -2.47. The molecular weight excluding hydrogens is 491 g/mol. The number of rotatable bonds is 8. The summed E-state index contributed by atoms with van der Waals surface area (Å²) in [6, 6.07) is 7.53. The molecule has 0 radical (unpaired) electrons. The molecule has 0 saturated carbocycles. The van der Waals surface area contributed by atoms with Gasteiger partial charge in [-0.1, -0.05) is 12.1 Å². The maximum atomic E-state index is 12.6. The van der Waals surface area contributed by atoms with Gasteiger partial charge in [0.05, 0.1) is 12.0 Å². The molecule has 2 aliphatic rings. The quantitative estimate of drug-likeness (QED) is 0.532. The minimum atomic E-state index is -5.08. The number of hydrogen-bond acceptors (Lipinski definition) is 6. The molecule has 1 aromatic carbocycles. The molecule has 37 heavy (non-hydrogen) atoms. The lowest BCUT2D eigenvalue weighted by atomic mass is 10.1. The standard InChI is InChI=1S/C23H31N5O2.C2HF3O2/c29-22-7-8-23(30)28(21-6-2-1-5-20(21)22)11-4-3-10-25-13-15-26(16-14-25)17-18-27-12-9-24-19-27;3-2(4,5)1(6)7/h1-2,5-6,9,12,19H,3-4,7-8,10-11,13-18H2;(H,6,7). The number of aromatic nitrogens is 2. The van der Waals surface area contributed by atoms with Crippen LogP contribution < -0.4 is 4.90 Å². The summed E-state index contributed by atoms with van der Waals surface area (Å²) in [5, 5.41) is 7.12. The number of carboxylic acid groups (broad SMARTS) is 1. The molecule has 1 amide bonds. The molecule has 1 aromatic heterocycles. The Kier molecular flexibility index (Phi) is 10.2. The number of nitrogens with zero attached hydrogens (tertiary/aromatic N) is 5. The number of anilines is 1. The third-order valence-electron chi connectivity index (χ3n) is 6.41. The topological polar surface area (TPSA) is 99.0 Å². The highest BCUT2D eigenvalue weighted by atomic mass is 19.4. The normalized spacial score (nSPS) is 17.1. The first kappa shape index (κ1) is 28.3. The van der Waals surface area contributed by atoms with Gasteiger partial charge in [0, 0.05) is 76.6 Å². The number of Topliss-reactive ketones (excluding diaryl/α,β-unsaturated/α-hetero) is 1. The molecule has 0 bridgehead atoms. The molecule has 2 aliphatic heterocycles. The van der Waals surface area contributed by atoms with Crippen molar-refractivity contribution >= 4 is 23.3 Å². The lowest BCUT2D eigenvalue weighted by Gasteiger charge is -2.34. The minimum absolute atomic E-state index is 0.0693. The molecule has 0 aliphatic carbocycles. The summed E-state index contributed by atoms with van der Waals surface area (Å²) in [6.45, 7) is 8.23. The van der Waals surface area contributed by atoms with Crippen molar-refractivity contribution in [3.05, 3.63) is 48.5 Å². The van der Waals surface area contributed by atoms with E-state index in [9.17, 15) is 22.8 Å². The summed E-state index contributed by atoms with van der Waals surface area (Å²) in [4.78, 5) is 44.7. The predicted octanol–water partition coefficient (Wildman–Crippen LogP) is 2.92. The number of fused-ring (bicyclic) bond motifs is 1. The van der Waals surface area contributed by atoms with Crippen LogP contribution in [0.25, 0.3) is 0 Å². The highest BCUT2D eigenvalue weighted by Gasteiger charge is 2.38. The van der Waals surface area contributed by atoms with Crippen LogP contribution in [-0.4, -0.2) is 94.1 Å². The van der Waals surface area contributed by atoms with Crippen molar-refractivity contribution in [1.82, 2.24) is 19.4 Å². The van der Waals surface area contributed by atoms with Crippen molar-refractivity contribution in [2.45, 2.75) is 38.4 Å². The molecule has 0 atom stereocenters. The van der Waals surface area contributed by atoms with Gasteiger partial charge in [-0.25, -0.2) is 9.78 Å². The van der Waals surface area contributed by atoms with Crippen LogP contribution >= 0.6 is 0 Å². The summed E-state index contributed by atoms with van der Waals surface area (Å²) in [5.74, 6) is -2.61. The van der Waals surface area contributed by atoms with Gasteiger partial charge in [0.25, 0.3) is 0 Å². The van der Waals surface area contributed by atoms with Crippen molar-refractivity contribution in [1.29, 1.82) is 0 Å². The third-order valence-corrected chi connectivity index (χ3v) is 6.41. The van der Waals surface area contributed by atoms with Gasteiger partial charge in [-0.3, -0.25) is 14.5 Å². The average Bonchev–Trinajstić information content (AvgIpc) is 3.36. The summed E-state index contributed by atoms with van der Waals surface area (Å²) in [5.41, 5.74) is 1.48. The Balaban J connectivity index is 0.000000479. The van der Waals surface area contributed by atoms with E-state index in [1.54, 1.807) is 0 Å². The SMILES string of the molecule is O=C(O)C(F)(F)F.O=C1CCC(=O)N(CCCCN2CCN(CCn3ccnc3)CC2)c2ccccc21. The Hall–Kier alpha value is -3.25. The molecule has 1 N–H and O–H groups in total. The lowest BCUT2D eigenvalue weighted by molar-refractivity contribution is -0.192. The number of para-hydroxylation sites is 1. The van der Waals surface area contributed by atoms with E-state index in [1.165, 1.54) is 0 Å². The van der Waals surface area contributed by atoms with Crippen molar-refractivity contribution in [2.75, 3.05) is 50.7 Å². The van der Waals surface area contributed by atoms with Gasteiger partial charge in [-0.05, 0) is 31.5 Å². The molecule has 0 unspecified atom stereocenters. The number of aliphatic carboxylic acids is 1. The van der Waals surface area contributed by atoms with Crippen LogP contribution in [0.4, 0.5) is 18.9 Å². The Morgan fingerprint density at radius 3 is 2.16 bits per heavy atom. The van der Waals surface area contributed by atoms with Crippen LogP contribution in [-0.2, 0) is 16.1 Å². The van der Waals surface area contributed by atoms with Gasteiger partial charge in [0.1, 0.15) is 0 Å². The zero-order valence-electron chi connectivity index (χ0n) is 20.6. The van der Waals surface area contributed by atoms with E-state index in [1.807, 2.05) is 47.9 Å². The first-order valence-electron chi connectivity index (χ1n) is 12.3. The smallest absolute Gasteiger partial charge is 0.475 e. The van der Waals surface area contributed by atoms with Crippen LogP contribution in [0, 0.1) is 0 Å². The number of benzene rings is 1. The van der Waals surface area contributed by atoms with Gasteiger partial charge in [-0.15, -0.1) is 0 Å². The van der Waals surface area contributed by atoms with Crippen molar-refractivity contribution < 1.29 is 32.7 Å². The van der Waals surface area contributed by atoms with Crippen molar-refractivity contribution in [3.8, 4) is 0 Å². The van der Waals surface area contributed by atoms with E-state index >= 15 is 0 Å². The van der Waals surface area contributed by atoms with E-state index in [0.29, 0.717) is 24.9 Å². The van der Waals surface area contributed by atoms with Crippen LogP contribution in [0.3, 0.4) is 0 Å². The number of hydrogen-bond donors (Lipinski definition) is 1. The zero-order chi connectivity index (χ0) is 26.8. The minimum Gasteiger partial charge on any atom is -0.475 e. The number of carboxylic acids is 1.